The fourth-order valence-corrected chi connectivity index (χ4v) is 0.863. The predicted molar refractivity (Wildman–Crippen MR) is 56.9 cm³/mol. The summed E-state index contributed by atoms with van der Waals surface area (Å²) < 4.78 is 0.846. The molecular weight excluding hydrogens is 204 g/mol. The minimum atomic E-state index is -0.371. The van der Waals surface area contributed by atoms with E-state index < -0.39 is 0 Å². The lowest BCUT2D eigenvalue weighted by Gasteiger charge is -2.10. The fraction of sp³-hybridized carbons (Fsp3) is 0.167. The molecule has 1 aromatic rings. The van der Waals surface area contributed by atoms with Crippen LogP contribution in [-0.2, 0) is 0 Å². The van der Waals surface area contributed by atoms with Crippen LogP contribution in [0.25, 0.3) is 0 Å². The molecule has 76 valence electrons. The number of aryl methyl sites for hydroxylation is 1. The summed E-state index contributed by atoms with van der Waals surface area (Å²) >= 11 is 4.55. The molecule has 6 N–H and O–H groups in total. The molecule has 0 aromatic carbocycles. The fourth-order valence-electron chi connectivity index (χ4n) is 0.811. The Balaban J connectivity index is 2.96. The molecule has 0 aliphatic carbocycles. The molecule has 0 unspecified atom stereocenters. The van der Waals surface area contributed by atoms with Crippen molar-refractivity contribution < 1.29 is 0 Å². The van der Waals surface area contributed by atoms with Crippen molar-refractivity contribution in [1.29, 1.82) is 0 Å². The minimum absolute atomic E-state index is 0.0285. The number of hydrazine groups is 1. The van der Waals surface area contributed by atoms with E-state index in [9.17, 15) is 4.79 Å². The van der Waals surface area contributed by atoms with E-state index in [-0.39, 0.29) is 16.6 Å². The van der Waals surface area contributed by atoms with Crippen LogP contribution in [0.1, 0.15) is 5.69 Å². The molecule has 0 radical (unpaired) electrons. The van der Waals surface area contributed by atoms with E-state index >= 15 is 0 Å². The molecule has 0 amide bonds. The van der Waals surface area contributed by atoms with Crippen molar-refractivity contribution in [3.63, 3.8) is 0 Å². The number of nitrogens with zero attached hydrogens (tertiary/aromatic N) is 2. The van der Waals surface area contributed by atoms with E-state index in [1.165, 1.54) is 6.07 Å². The molecule has 0 bridgehead atoms. The highest BCUT2D eigenvalue weighted by atomic mass is 32.1. The van der Waals surface area contributed by atoms with Gasteiger partial charge in [-0.15, -0.1) is 0 Å². The van der Waals surface area contributed by atoms with Gasteiger partial charge in [0.2, 0.25) is 5.95 Å². The summed E-state index contributed by atoms with van der Waals surface area (Å²) in [5.74, 6) is 5.53. The van der Waals surface area contributed by atoms with E-state index in [2.05, 4.69) is 28.1 Å². The lowest BCUT2D eigenvalue weighted by Crippen LogP contribution is -2.39. The Kier molecular flexibility index (Phi) is 2.87. The van der Waals surface area contributed by atoms with E-state index in [1.54, 1.807) is 6.92 Å². The van der Waals surface area contributed by atoms with Crippen LogP contribution in [0.4, 0.5) is 5.95 Å². The predicted octanol–water partition coefficient (Wildman–Crippen LogP) is -1.57. The summed E-state index contributed by atoms with van der Waals surface area (Å²) in [5.41, 5.74) is 10.3. The lowest BCUT2D eigenvalue weighted by atomic mass is 10.4. The van der Waals surface area contributed by atoms with E-state index in [1.807, 2.05) is 0 Å². The third kappa shape index (κ3) is 2.33. The average Bonchev–Trinajstić information content (AvgIpc) is 2.08. The van der Waals surface area contributed by atoms with Gasteiger partial charge in [-0.25, -0.2) is 4.98 Å². The van der Waals surface area contributed by atoms with Gasteiger partial charge in [0.15, 0.2) is 5.11 Å². The van der Waals surface area contributed by atoms with Gasteiger partial charge in [0.05, 0.1) is 0 Å². The van der Waals surface area contributed by atoms with Crippen molar-refractivity contribution in [2.45, 2.75) is 6.92 Å². The van der Waals surface area contributed by atoms with Gasteiger partial charge in [-0.1, -0.05) is 0 Å². The zero-order chi connectivity index (χ0) is 10.7. The van der Waals surface area contributed by atoms with Crippen LogP contribution >= 0.6 is 12.2 Å². The van der Waals surface area contributed by atoms with Crippen LogP contribution < -0.4 is 28.0 Å². The number of rotatable bonds is 2. The number of nitrogens with two attached hydrogens (primary N) is 2. The third-order valence-electron chi connectivity index (χ3n) is 1.38. The lowest BCUT2D eigenvalue weighted by molar-refractivity contribution is 0.858. The molecule has 1 aromatic heterocycles. The van der Waals surface area contributed by atoms with Crippen molar-refractivity contribution in [3.05, 3.63) is 22.1 Å². The summed E-state index contributed by atoms with van der Waals surface area (Å²) in [6.07, 6.45) is 0. The van der Waals surface area contributed by atoms with Gasteiger partial charge in [-0.2, -0.15) is 4.68 Å². The van der Waals surface area contributed by atoms with E-state index in [4.69, 9.17) is 11.6 Å². The smallest absolute Gasteiger partial charge is 0.273 e. The highest BCUT2D eigenvalue weighted by Gasteiger charge is 2.02. The third-order valence-corrected chi connectivity index (χ3v) is 1.48. The molecule has 7 nitrogen and oxygen atoms in total. The van der Waals surface area contributed by atoms with Crippen LogP contribution in [0.2, 0.25) is 0 Å². The van der Waals surface area contributed by atoms with Crippen LogP contribution in [0.3, 0.4) is 0 Å². The second kappa shape index (κ2) is 3.92. The molecule has 14 heavy (non-hydrogen) atoms. The summed E-state index contributed by atoms with van der Waals surface area (Å²) in [4.78, 5) is 15.1. The number of hydrogen-bond donors (Lipinski definition) is 4. The maximum absolute atomic E-state index is 11.2. The average molecular weight is 214 g/mol. The number of thiocarbonyl (C=S) groups is 1. The largest absolute Gasteiger partial charge is 0.375 e. The monoisotopic (exact) mass is 214 g/mol. The van der Waals surface area contributed by atoms with E-state index in [0.717, 1.165) is 4.68 Å². The molecule has 0 fully saturated rings. The van der Waals surface area contributed by atoms with Crippen molar-refractivity contribution >= 4 is 23.3 Å². The second-order valence-electron chi connectivity index (χ2n) is 2.54. The molecule has 1 heterocycles. The van der Waals surface area contributed by atoms with Gasteiger partial charge in [-0.3, -0.25) is 15.6 Å². The number of nitrogen functional groups attached to an aromatic ring is 1. The number of aromatic nitrogens is 2. The molecule has 0 atom stereocenters. The molecule has 0 spiro atoms. The first-order valence-electron chi connectivity index (χ1n) is 3.68. The SMILES string of the molecule is Cc1cc(=O)n(N)c(NNC(N)=S)n1. The Labute approximate surface area is 85.1 Å². The second-order valence-corrected chi connectivity index (χ2v) is 2.98. The maximum Gasteiger partial charge on any atom is 0.273 e. The van der Waals surface area contributed by atoms with Crippen molar-refractivity contribution in [2.75, 3.05) is 11.3 Å². The Morgan fingerprint density at radius 3 is 2.93 bits per heavy atom. The van der Waals surface area contributed by atoms with Gasteiger partial charge < -0.3 is 11.6 Å². The first kappa shape index (κ1) is 10.3. The first-order chi connectivity index (χ1) is 6.50. The van der Waals surface area contributed by atoms with Crippen molar-refractivity contribution in [2.24, 2.45) is 5.73 Å². The highest BCUT2D eigenvalue weighted by Crippen LogP contribution is 1.95. The van der Waals surface area contributed by atoms with Gasteiger partial charge >= 0.3 is 0 Å². The van der Waals surface area contributed by atoms with Gasteiger partial charge in [-0.05, 0) is 19.1 Å². The van der Waals surface area contributed by atoms with Crippen molar-refractivity contribution in [3.8, 4) is 0 Å². The summed E-state index contributed by atoms with van der Waals surface area (Å²) in [6, 6.07) is 1.31. The zero-order valence-corrected chi connectivity index (χ0v) is 8.26. The summed E-state index contributed by atoms with van der Waals surface area (Å²) in [5, 5.41) is 0.0285. The number of anilines is 1. The highest BCUT2D eigenvalue weighted by molar-refractivity contribution is 7.80. The molecule has 0 aliphatic heterocycles. The molecule has 8 heteroatoms. The molecule has 1 rings (SSSR count). The Morgan fingerprint density at radius 2 is 2.36 bits per heavy atom. The normalized spacial score (nSPS) is 9.50. The van der Waals surface area contributed by atoms with Gasteiger partial charge in [0.1, 0.15) is 0 Å². The Hall–Kier alpha value is -1.83. The summed E-state index contributed by atoms with van der Waals surface area (Å²) in [6.45, 7) is 1.67. The quantitative estimate of drug-likeness (QED) is 0.267. The molecular formula is C6H10N6OS. The molecule has 0 saturated carbocycles. The van der Waals surface area contributed by atoms with Crippen LogP contribution in [-0.4, -0.2) is 14.8 Å². The van der Waals surface area contributed by atoms with Gasteiger partial charge in [0, 0.05) is 11.8 Å². The van der Waals surface area contributed by atoms with Crippen LogP contribution in [0.15, 0.2) is 10.9 Å². The van der Waals surface area contributed by atoms with Crippen LogP contribution in [0, 0.1) is 6.92 Å². The Bertz CT molecular complexity index is 413. The summed E-state index contributed by atoms with van der Waals surface area (Å²) in [7, 11) is 0. The Morgan fingerprint density at radius 1 is 1.71 bits per heavy atom. The van der Waals surface area contributed by atoms with Crippen molar-refractivity contribution in [1.82, 2.24) is 15.1 Å². The van der Waals surface area contributed by atoms with Gasteiger partial charge in [0.25, 0.3) is 5.56 Å². The topological polar surface area (TPSA) is 111 Å². The number of hydrogen-bond acceptors (Lipinski definition) is 5. The van der Waals surface area contributed by atoms with Crippen LogP contribution in [0.5, 0.6) is 0 Å². The van der Waals surface area contributed by atoms with E-state index in [0.29, 0.717) is 5.69 Å². The zero-order valence-electron chi connectivity index (χ0n) is 7.44. The standard InChI is InChI=1S/C6H10N6OS/c1-3-2-4(13)12(8)6(9-3)11-10-5(7)14/h2H,8H2,1H3,(H,9,11)(H3,7,10,14). The minimum Gasteiger partial charge on any atom is -0.375 e. The molecule has 0 saturated heterocycles. The maximum atomic E-state index is 11.2. The molecule has 0 aliphatic rings. The number of nitrogens with one attached hydrogen (secondary N) is 2. The first-order valence-corrected chi connectivity index (χ1v) is 4.09.